The summed E-state index contributed by atoms with van der Waals surface area (Å²) in [5.41, 5.74) is -0.952. The highest BCUT2D eigenvalue weighted by Crippen LogP contribution is 2.39. The van der Waals surface area contributed by atoms with Gasteiger partial charge in [-0.1, -0.05) is 6.07 Å². The van der Waals surface area contributed by atoms with E-state index in [1.807, 2.05) is 0 Å². The molecule has 1 heterocycles. The van der Waals surface area contributed by atoms with Crippen LogP contribution in [0.5, 0.6) is 5.75 Å². The Morgan fingerprint density at radius 3 is 2.35 bits per heavy atom. The second-order valence-electron chi connectivity index (χ2n) is 7.27. The van der Waals surface area contributed by atoms with Crippen molar-refractivity contribution in [1.82, 2.24) is 0 Å². The first-order chi connectivity index (χ1) is 16.1. The third-order valence-corrected chi connectivity index (χ3v) is 6.80. The Morgan fingerprint density at radius 1 is 1.00 bits per heavy atom. The van der Waals surface area contributed by atoms with Gasteiger partial charge >= 0.3 is 0 Å². The first kappa shape index (κ1) is 23.5. The van der Waals surface area contributed by atoms with Crippen molar-refractivity contribution in [1.29, 1.82) is 0 Å². The van der Waals surface area contributed by atoms with Gasteiger partial charge in [-0.05, 0) is 48.5 Å². The Hall–Kier alpha value is -3.64. The summed E-state index contributed by atoms with van der Waals surface area (Å²) in [4.78, 5) is 11.9. The lowest BCUT2D eigenvalue weighted by atomic mass is 10.1. The molecule has 4 rings (SSSR count). The van der Waals surface area contributed by atoms with Crippen molar-refractivity contribution in [2.45, 2.75) is 11.0 Å². The topological polar surface area (TPSA) is 95.9 Å². The Bertz CT molecular complexity index is 1360. The summed E-state index contributed by atoms with van der Waals surface area (Å²) in [6, 6.07) is 8.73. The van der Waals surface area contributed by atoms with E-state index >= 15 is 0 Å². The number of carbonyl (C=O) groups excluding carboxylic acids is 1. The maximum Gasteiger partial charge on any atom is 0.264 e. The zero-order valence-electron chi connectivity index (χ0n) is 17.1. The van der Waals surface area contributed by atoms with Crippen LogP contribution in [0.15, 0.2) is 59.5 Å². The Balaban J connectivity index is 1.74. The van der Waals surface area contributed by atoms with Gasteiger partial charge in [-0.15, -0.1) is 0 Å². The molecule has 7 nitrogen and oxygen atoms in total. The van der Waals surface area contributed by atoms with E-state index in [9.17, 15) is 35.9 Å². The van der Waals surface area contributed by atoms with Crippen LogP contribution in [0.25, 0.3) is 0 Å². The number of aliphatic hydroxyl groups is 1. The minimum absolute atomic E-state index is 0.00605. The minimum atomic E-state index is -4.47. The third-order valence-electron chi connectivity index (χ3n) is 5.02. The zero-order valence-corrected chi connectivity index (χ0v) is 18.0. The third kappa shape index (κ3) is 4.29. The van der Waals surface area contributed by atoms with Crippen LogP contribution in [0.1, 0.15) is 10.4 Å². The van der Waals surface area contributed by atoms with E-state index < -0.39 is 62.4 Å². The maximum atomic E-state index is 13.9. The normalized spacial score (nSPS) is 15.4. The van der Waals surface area contributed by atoms with E-state index in [2.05, 4.69) is 5.32 Å². The zero-order chi connectivity index (χ0) is 24.6. The molecule has 34 heavy (non-hydrogen) atoms. The Morgan fingerprint density at radius 2 is 1.71 bits per heavy atom. The summed E-state index contributed by atoms with van der Waals surface area (Å²) in [6.07, 6.45) is -0.972. The standard InChI is InChI=1S/C22H16F4N2O5S/c23-15-6-5-14(9-18(15)26)34(31,32)28-10-13(11-29)33-20-7-4-12(8-19(20)28)27-22(30)21-16(24)2-1-3-17(21)25/h1-9,13,29H,10-11H2,(H,27,30)/t13-/m0/s1. The average Bonchev–Trinajstić information content (AvgIpc) is 2.79. The molecule has 3 aromatic carbocycles. The lowest BCUT2D eigenvalue weighted by molar-refractivity contribution is 0.101. The summed E-state index contributed by atoms with van der Waals surface area (Å²) < 4.78 is 87.7. The van der Waals surface area contributed by atoms with Crippen molar-refractivity contribution >= 4 is 27.3 Å². The number of nitrogens with zero attached hydrogens (tertiary/aromatic N) is 1. The molecular weight excluding hydrogens is 480 g/mol. The fourth-order valence-corrected chi connectivity index (χ4v) is 4.90. The number of rotatable bonds is 5. The number of ether oxygens (including phenoxy) is 1. The van der Waals surface area contributed by atoms with Crippen LogP contribution < -0.4 is 14.4 Å². The van der Waals surface area contributed by atoms with Gasteiger partial charge in [0.1, 0.15) is 29.1 Å². The number of aliphatic hydroxyl groups excluding tert-OH is 1. The minimum Gasteiger partial charge on any atom is -0.484 e. The van der Waals surface area contributed by atoms with Gasteiger partial charge in [-0.2, -0.15) is 0 Å². The van der Waals surface area contributed by atoms with Crippen LogP contribution in [0, 0.1) is 23.3 Å². The summed E-state index contributed by atoms with van der Waals surface area (Å²) in [7, 11) is -4.47. The molecule has 0 saturated heterocycles. The van der Waals surface area contributed by atoms with E-state index in [0.717, 1.165) is 28.6 Å². The number of nitrogens with one attached hydrogen (secondary N) is 1. The summed E-state index contributed by atoms with van der Waals surface area (Å²) in [6.45, 7) is -0.932. The van der Waals surface area contributed by atoms with E-state index in [-0.39, 0.29) is 23.7 Å². The molecule has 0 aliphatic carbocycles. The predicted molar refractivity (Wildman–Crippen MR) is 113 cm³/mol. The highest BCUT2D eigenvalue weighted by atomic mass is 32.2. The molecular formula is C22H16F4N2O5S. The molecule has 1 aliphatic rings. The first-order valence-corrected chi connectivity index (χ1v) is 11.2. The second kappa shape index (κ2) is 8.95. The Labute approximate surface area is 191 Å². The number of hydrogen-bond acceptors (Lipinski definition) is 5. The molecule has 0 unspecified atom stereocenters. The van der Waals surface area contributed by atoms with Gasteiger partial charge in [0.15, 0.2) is 11.6 Å². The number of carbonyl (C=O) groups is 1. The highest BCUT2D eigenvalue weighted by molar-refractivity contribution is 7.92. The highest BCUT2D eigenvalue weighted by Gasteiger charge is 2.35. The fraction of sp³-hybridized carbons (Fsp3) is 0.136. The number of fused-ring (bicyclic) bond motifs is 1. The SMILES string of the molecule is O=C(Nc1ccc2c(c1)N(S(=O)(=O)c1ccc(F)c(F)c1)C[C@@H](CO)O2)c1c(F)cccc1F. The van der Waals surface area contributed by atoms with Gasteiger partial charge < -0.3 is 15.2 Å². The molecule has 1 atom stereocenters. The average molecular weight is 496 g/mol. The Kier molecular flexibility index (Phi) is 6.19. The molecule has 0 radical (unpaired) electrons. The number of sulfonamides is 1. The molecule has 1 aliphatic heterocycles. The van der Waals surface area contributed by atoms with Crippen molar-refractivity contribution in [2.24, 2.45) is 0 Å². The summed E-state index contributed by atoms with van der Waals surface area (Å²) >= 11 is 0. The molecule has 1 amide bonds. The number of benzene rings is 3. The smallest absolute Gasteiger partial charge is 0.264 e. The van der Waals surface area contributed by atoms with E-state index in [1.54, 1.807) is 0 Å². The lowest BCUT2D eigenvalue weighted by Crippen LogP contribution is -2.45. The van der Waals surface area contributed by atoms with Crippen molar-refractivity contribution in [2.75, 3.05) is 22.8 Å². The van der Waals surface area contributed by atoms with E-state index in [4.69, 9.17) is 4.74 Å². The molecule has 0 fully saturated rings. The molecule has 178 valence electrons. The van der Waals surface area contributed by atoms with Gasteiger partial charge in [-0.3, -0.25) is 9.10 Å². The number of anilines is 2. The van der Waals surface area contributed by atoms with Crippen LogP contribution in [0.3, 0.4) is 0 Å². The predicted octanol–water partition coefficient (Wildman–Crippen LogP) is 3.44. The number of hydrogen-bond donors (Lipinski definition) is 2. The lowest BCUT2D eigenvalue weighted by Gasteiger charge is -2.35. The molecule has 3 aromatic rings. The molecule has 0 bridgehead atoms. The molecule has 2 N–H and O–H groups in total. The van der Waals surface area contributed by atoms with Crippen LogP contribution in [0.2, 0.25) is 0 Å². The van der Waals surface area contributed by atoms with Crippen molar-refractivity contribution in [3.8, 4) is 5.75 Å². The van der Waals surface area contributed by atoms with Crippen LogP contribution >= 0.6 is 0 Å². The quantitative estimate of drug-likeness (QED) is 0.528. The second-order valence-corrected chi connectivity index (χ2v) is 9.13. The molecule has 0 aromatic heterocycles. The summed E-state index contributed by atoms with van der Waals surface area (Å²) in [5.74, 6) is -5.90. The fourth-order valence-electron chi connectivity index (χ4n) is 3.39. The van der Waals surface area contributed by atoms with Crippen LogP contribution in [0.4, 0.5) is 28.9 Å². The maximum absolute atomic E-state index is 13.9. The van der Waals surface area contributed by atoms with Crippen molar-refractivity contribution < 1.29 is 40.6 Å². The largest absolute Gasteiger partial charge is 0.484 e. The summed E-state index contributed by atoms with van der Waals surface area (Å²) in [5, 5.41) is 11.8. The van der Waals surface area contributed by atoms with E-state index in [1.165, 1.54) is 18.2 Å². The van der Waals surface area contributed by atoms with Crippen molar-refractivity contribution in [3.63, 3.8) is 0 Å². The van der Waals surface area contributed by atoms with Crippen molar-refractivity contribution in [3.05, 3.63) is 83.4 Å². The van der Waals surface area contributed by atoms with Gasteiger partial charge in [0.05, 0.1) is 23.7 Å². The molecule has 12 heteroatoms. The monoisotopic (exact) mass is 496 g/mol. The van der Waals surface area contributed by atoms with E-state index in [0.29, 0.717) is 12.1 Å². The van der Waals surface area contributed by atoms with Crippen LogP contribution in [-0.4, -0.2) is 38.7 Å². The first-order valence-electron chi connectivity index (χ1n) is 9.76. The van der Waals surface area contributed by atoms with Gasteiger partial charge in [0.2, 0.25) is 0 Å². The molecule has 0 spiro atoms. The van der Waals surface area contributed by atoms with Gasteiger partial charge in [0.25, 0.3) is 15.9 Å². The van der Waals surface area contributed by atoms with Crippen LogP contribution in [-0.2, 0) is 10.0 Å². The van der Waals surface area contributed by atoms with Gasteiger partial charge in [0, 0.05) is 5.69 Å². The number of amides is 1. The number of halogens is 4. The van der Waals surface area contributed by atoms with Gasteiger partial charge in [-0.25, -0.2) is 26.0 Å². The molecule has 0 saturated carbocycles.